The molecule has 0 saturated carbocycles. The molecule has 0 amide bonds. The third-order valence-corrected chi connectivity index (χ3v) is 7.03. The van der Waals surface area contributed by atoms with Gasteiger partial charge in [0.1, 0.15) is 0 Å². The molecule has 6 aromatic rings. The first-order valence-corrected chi connectivity index (χ1v) is 13.1. The van der Waals surface area contributed by atoms with Gasteiger partial charge < -0.3 is 14.5 Å². The Morgan fingerprint density at radius 1 is 0.410 bits per heavy atom. The monoisotopic (exact) mass is 502 g/mol. The van der Waals surface area contributed by atoms with Gasteiger partial charge in [0, 0.05) is 22.7 Å². The zero-order valence-electron chi connectivity index (χ0n) is 21.3. The molecule has 0 N–H and O–H groups in total. The first kappa shape index (κ1) is 22.9. The summed E-state index contributed by atoms with van der Waals surface area (Å²) in [5.41, 5.74) is 8.77. The van der Waals surface area contributed by atoms with Gasteiger partial charge in [0.25, 0.3) is 0 Å². The highest BCUT2D eigenvalue weighted by molar-refractivity contribution is 5.88. The average molecular weight is 503 g/mol. The molecule has 0 radical (unpaired) electrons. The maximum Gasteiger partial charge on any atom is 0.152 e. The topological polar surface area (TPSA) is 15.7 Å². The Labute approximate surface area is 228 Å². The number of anilines is 6. The molecular weight excluding hydrogens is 476 g/mol. The zero-order chi connectivity index (χ0) is 26.0. The number of nitrogens with zero attached hydrogens (tertiary/aromatic N) is 2. The average Bonchev–Trinajstić information content (AvgIpc) is 3.01. The minimum Gasteiger partial charge on any atom is -0.453 e. The van der Waals surface area contributed by atoms with Gasteiger partial charge in [-0.15, -0.1) is 0 Å². The van der Waals surface area contributed by atoms with E-state index in [2.05, 4.69) is 131 Å². The van der Waals surface area contributed by atoms with Crippen molar-refractivity contribution in [2.45, 2.75) is 0 Å². The maximum atomic E-state index is 6.42. The van der Waals surface area contributed by atoms with E-state index < -0.39 is 0 Å². The van der Waals surface area contributed by atoms with E-state index in [1.807, 2.05) is 36.4 Å². The van der Waals surface area contributed by atoms with Crippen LogP contribution in [0.3, 0.4) is 0 Å². The second kappa shape index (κ2) is 9.88. The van der Waals surface area contributed by atoms with Crippen LogP contribution in [0.15, 0.2) is 158 Å². The van der Waals surface area contributed by atoms with Crippen LogP contribution in [-0.4, -0.2) is 0 Å². The SMILES string of the molecule is c1ccc(N(c2ccccc2)c2ccc(-c3ccc4c(c3)Oc3ccccc3N4c3ccccc3)cc2)cc1. The quantitative estimate of drug-likeness (QED) is 0.233. The van der Waals surface area contributed by atoms with Crippen molar-refractivity contribution < 1.29 is 4.74 Å². The summed E-state index contributed by atoms with van der Waals surface area (Å²) in [4.78, 5) is 4.53. The van der Waals surface area contributed by atoms with E-state index in [4.69, 9.17) is 4.74 Å². The third kappa shape index (κ3) is 4.30. The highest BCUT2D eigenvalue weighted by Gasteiger charge is 2.25. The van der Waals surface area contributed by atoms with E-state index in [1.165, 1.54) is 0 Å². The second-order valence-electron chi connectivity index (χ2n) is 9.48. The molecule has 0 aliphatic carbocycles. The van der Waals surface area contributed by atoms with Crippen LogP contribution in [0.5, 0.6) is 11.5 Å². The van der Waals surface area contributed by atoms with Crippen molar-refractivity contribution in [3.05, 3.63) is 158 Å². The minimum absolute atomic E-state index is 0.842. The maximum absolute atomic E-state index is 6.42. The number of rotatable bonds is 5. The van der Waals surface area contributed by atoms with Crippen molar-refractivity contribution in [3.63, 3.8) is 0 Å². The van der Waals surface area contributed by atoms with Gasteiger partial charge >= 0.3 is 0 Å². The minimum atomic E-state index is 0.842. The van der Waals surface area contributed by atoms with Crippen LogP contribution in [0.2, 0.25) is 0 Å². The number of fused-ring (bicyclic) bond motifs is 2. The third-order valence-electron chi connectivity index (χ3n) is 7.03. The fraction of sp³-hybridized carbons (Fsp3) is 0. The summed E-state index contributed by atoms with van der Waals surface area (Å²) in [6.07, 6.45) is 0. The highest BCUT2D eigenvalue weighted by atomic mass is 16.5. The summed E-state index contributed by atoms with van der Waals surface area (Å²) in [6.45, 7) is 0. The molecule has 1 aliphatic rings. The van der Waals surface area contributed by atoms with Crippen LogP contribution in [0.25, 0.3) is 11.1 Å². The molecule has 0 aromatic heterocycles. The molecular formula is C36H26N2O. The van der Waals surface area contributed by atoms with Crippen LogP contribution < -0.4 is 14.5 Å². The summed E-state index contributed by atoms with van der Waals surface area (Å²) >= 11 is 0. The predicted molar refractivity (Wildman–Crippen MR) is 161 cm³/mol. The van der Waals surface area contributed by atoms with Crippen molar-refractivity contribution in [3.8, 4) is 22.6 Å². The number of hydrogen-bond donors (Lipinski definition) is 0. The molecule has 0 bridgehead atoms. The fourth-order valence-electron chi connectivity index (χ4n) is 5.20. The van der Waals surface area contributed by atoms with Crippen LogP contribution in [-0.2, 0) is 0 Å². The first-order valence-electron chi connectivity index (χ1n) is 13.1. The lowest BCUT2D eigenvalue weighted by Crippen LogP contribution is -2.15. The Kier molecular flexibility index (Phi) is 5.80. The van der Waals surface area contributed by atoms with E-state index in [0.29, 0.717) is 0 Å². The van der Waals surface area contributed by atoms with E-state index in [0.717, 1.165) is 56.8 Å². The smallest absolute Gasteiger partial charge is 0.152 e. The summed E-state index contributed by atoms with van der Waals surface area (Å²) in [5, 5.41) is 0. The molecule has 3 nitrogen and oxygen atoms in total. The van der Waals surface area contributed by atoms with Crippen LogP contribution >= 0.6 is 0 Å². The van der Waals surface area contributed by atoms with Crippen molar-refractivity contribution >= 4 is 34.1 Å². The van der Waals surface area contributed by atoms with Gasteiger partial charge in [-0.3, -0.25) is 0 Å². The molecule has 0 spiro atoms. The zero-order valence-corrected chi connectivity index (χ0v) is 21.3. The van der Waals surface area contributed by atoms with Crippen molar-refractivity contribution in [1.29, 1.82) is 0 Å². The van der Waals surface area contributed by atoms with E-state index in [1.54, 1.807) is 0 Å². The largest absolute Gasteiger partial charge is 0.453 e. The predicted octanol–water partition coefficient (Wildman–Crippen LogP) is 10.4. The summed E-state index contributed by atoms with van der Waals surface area (Å²) < 4.78 is 6.42. The Balaban J connectivity index is 1.26. The molecule has 0 fully saturated rings. The van der Waals surface area contributed by atoms with Gasteiger partial charge in [-0.2, -0.15) is 0 Å². The molecule has 1 aliphatic heterocycles. The van der Waals surface area contributed by atoms with E-state index in [9.17, 15) is 0 Å². The summed E-state index contributed by atoms with van der Waals surface area (Å²) in [6, 6.07) is 54.8. The van der Waals surface area contributed by atoms with Crippen molar-refractivity contribution in [2.24, 2.45) is 0 Å². The van der Waals surface area contributed by atoms with Gasteiger partial charge in [0.15, 0.2) is 11.5 Å². The Bertz CT molecular complexity index is 1680. The number of benzene rings is 6. The molecule has 6 aromatic carbocycles. The molecule has 0 unspecified atom stereocenters. The van der Waals surface area contributed by atoms with Gasteiger partial charge in [-0.25, -0.2) is 0 Å². The number of hydrogen-bond acceptors (Lipinski definition) is 3. The van der Waals surface area contributed by atoms with Crippen molar-refractivity contribution in [2.75, 3.05) is 9.80 Å². The van der Waals surface area contributed by atoms with Crippen molar-refractivity contribution in [1.82, 2.24) is 0 Å². The summed E-state index contributed by atoms with van der Waals surface area (Å²) in [7, 11) is 0. The molecule has 7 rings (SSSR count). The van der Waals surface area contributed by atoms with E-state index in [-0.39, 0.29) is 0 Å². The summed E-state index contributed by atoms with van der Waals surface area (Å²) in [5.74, 6) is 1.69. The Morgan fingerprint density at radius 3 is 1.59 bits per heavy atom. The Morgan fingerprint density at radius 2 is 0.923 bits per heavy atom. The van der Waals surface area contributed by atoms with E-state index >= 15 is 0 Å². The van der Waals surface area contributed by atoms with Gasteiger partial charge in [0.05, 0.1) is 11.4 Å². The molecule has 0 atom stereocenters. The van der Waals surface area contributed by atoms with Crippen LogP contribution in [0, 0.1) is 0 Å². The van der Waals surface area contributed by atoms with Crippen LogP contribution in [0.4, 0.5) is 34.1 Å². The fourth-order valence-corrected chi connectivity index (χ4v) is 5.20. The molecule has 39 heavy (non-hydrogen) atoms. The molecule has 186 valence electrons. The lowest BCUT2D eigenvalue weighted by atomic mass is 10.0. The normalized spacial score (nSPS) is 11.7. The van der Waals surface area contributed by atoms with Crippen LogP contribution in [0.1, 0.15) is 0 Å². The molecule has 0 saturated heterocycles. The molecule has 1 heterocycles. The lowest BCUT2D eigenvalue weighted by molar-refractivity contribution is 0.477. The standard InChI is InChI=1S/C36H26N2O/c1-4-12-29(13-5-1)37(30-14-6-2-7-15-30)32-23-20-27(21-24-32)28-22-25-34-36(26-28)39-35-19-11-10-18-33(35)38(34)31-16-8-3-9-17-31/h1-26H. The lowest BCUT2D eigenvalue weighted by Gasteiger charge is -2.33. The highest BCUT2D eigenvalue weighted by Crippen LogP contribution is 2.51. The first-order chi connectivity index (χ1) is 19.3. The van der Waals surface area contributed by atoms with Gasteiger partial charge in [0.2, 0.25) is 0 Å². The number of para-hydroxylation sites is 5. The second-order valence-corrected chi connectivity index (χ2v) is 9.48. The Hall–Kier alpha value is -5.28. The van der Waals surface area contributed by atoms with Gasteiger partial charge in [-0.1, -0.05) is 84.9 Å². The molecule has 3 heteroatoms. The number of ether oxygens (including phenoxy) is 1. The van der Waals surface area contributed by atoms with Gasteiger partial charge in [-0.05, 0) is 83.9 Å².